The number of benzene rings is 8. The minimum Gasteiger partial charge on any atom is -0.366 e. The largest absolute Gasteiger partial charge is 0.366 e. The van der Waals surface area contributed by atoms with Gasteiger partial charge in [0.15, 0.2) is 11.6 Å². The van der Waals surface area contributed by atoms with E-state index in [2.05, 4.69) is 205 Å². The number of nitrogens with one attached hydrogen (secondary N) is 10. The van der Waals surface area contributed by atoms with Crippen LogP contribution < -0.4 is 42.5 Å². The summed E-state index contributed by atoms with van der Waals surface area (Å²) in [5.41, 5.74) is 11.3. The number of H-pyrrole nitrogens is 2. The van der Waals surface area contributed by atoms with Crippen molar-refractivity contribution >= 4 is 220 Å². The standard InChI is InChI=1S/C21H17N5S.C21H19N3OS.C20H14ClN5S.C20H21N3OS.C18H19N3OS/c1-13(14-6-3-2-4-7-14)24-21-19-16(10-11-27-19)15-8-5-9-17(18(15)25-21)20-22-12-23-26-20;1-13(14-7-4-3-5-8-14)23-20-19-16(11-12-26-19)15-9-6-10-17(18(15)24-20)21(25)22-2;21-16-7-2-1-4-12(16)10-22-20-18-14(8-9-27-18)13-5-3-6-15(17(13)25-20)19-23-11-24-26-19;1-21-20(24)15-4-2-3-13-14-9-10-25-18(14)19(23-17(13)15)22-16(11-5-6-11)12-7-8-12;1-10(11-6-7-11)20-17-16-13(8-9-23-16)12-4-3-5-14(15(12)21-17)18(22)19-2/h2-13H,1H3,(H,24,25)(H,22,23,26);3-13H,1-2H3,(H,22,25)(H,23,24);1-9,11H,10H2,(H,22,25)(H,23,24,26);2-4,9-12,16H,5-8H2,1H3,(H,21,24)(H,22,23);3-5,8-11H,6-7H2,1-2H3,(H,19,22)(H,20,21). The Kier molecular flexibility index (Phi) is 24.5. The Balaban J connectivity index is 0.000000104. The number of thiophene rings is 5. The van der Waals surface area contributed by atoms with Crippen molar-refractivity contribution in [1.29, 1.82) is 0 Å². The number of rotatable bonds is 21. The molecule has 0 radical (unpaired) electrons. The van der Waals surface area contributed by atoms with Gasteiger partial charge in [-0.2, -0.15) is 10.2 Å². The fourth-order valence-electron chi connectivity index (χ4n) is 16.8. The molecular formula is C100H90ClN19O3S5. The maximum absolute atomic E-state index is 12.3. The number of fused-ring (bicyclic) bond motifs is 15. The molecule has 3 saturated carbocycles. The minimum absolute atomic E-state index is 0.0837. The first-order valence-electron chi connectivity index (χ1n) is 42.8. The molecule has 3 amide bonds. The predicted octanol–water partition coefficient (Wildman–Crippen LogP) is 24.3. The number of carbonyl (C=O) groups is 3. The molecule has 23 rings (SSSR count). The topological polar surface area (TPSA) is 295 Å². The average Bonchev–Trinajstić information content (AvgIpc) is 1.45. The quantitative estimate of drug-likeness (QED) is 0.0320. The molecular weight excluding hydrogens is 1710 g/mol. The summed E-state index contributed by atoms with van der Waals surface area (Å²) < 4.78 is 5.77. The van der Waals surface area contributed by atoms with E-state index in [0.29, 0.717) is 41.1 Å². The lowest BCUT2D eigenvalue weighted by Gasteiger charge is -2.19. The molecule has 22 nitrogen and oxygen atoms in total. The summed E-state index contributed by atoms with van der Waals surface area (Å²) in [4.78, 5) is 70.0. The highest BCUT2D eigenvalue weighted by Gasteiger charge is 2.42. The molecule has 3 fully saturated rings. The molecule has 3 atom stereocenters. The second kappa shape index (κ2) is 37.3. The first-order valence-corrected chi connectivity index (χ1v) is 47.5. The number of hydrogen-bond donors (Lipinski definition) is 10. The molecule has 3 aliphatic rings. The van der Waals surface area contributed by atoms with Gasteiger partial charge in [-0.1, -0.05) is 151 Å². The number of aromatic amines is 2. The van der Waals surface area contributed by atoms with Crippen LogP contribution in [0.5, 0.6) is 0 Å². The molecule has 28 heteroatoms. The van der Waals surface area contributed by atoms with E-state index < -0.39 is 0 Å². The number of halogens is 1. The van der Waals surface area contributed by atoms with Gasteiger partial charge < -0.3 is 42.5 Å². The smallest absolute Gasteiger partial charge is 0.253 e. The van der Waals surface area contributed by atoms with Gasteiger partial charge in [0, 0.05) is 122 Å². The lowest BCUT2D eigenvalue weighted by molar-refractivity contribution is 0.0956. The zero-order valence-corrected chi connectivity index (χ0v) is 75.7. The monoisotopic (exact) mass is 1800 g/mol. The van der Waals surface area contributed by atoms with Crippen molar-refractivity contribution in [2.45, 2.75) is 90.0 Å². The van der Waals surface area contributed by atoms with E-state index in [0.717, 1.165) is 149 Å². The molecule has 8 aromatic carbocycles. The normalized spacial score (nSPS) is 13.7. The van der Waals surface area contributed by atoms with Gasteiger partial charge >= 0.3 is 0 Å². The van der Waals surface area contributed by atoms with E-state index in [4.69, 9.17) is 36.5 Å². The van der Waals surface area contributed by atoms with Gasteiger partial charge in [0.05, 0.1) is 67.8 Å². The fourth-order valence-corrected chi connectivity index (χ4v) is 21.3. The second-order valence-corrected chi connectivity index (χ2v) is 37.1. The molecule has 0 saturated heterocycles. The lowest BCUT2D eigenvalue weighted by Crippen LogP contribution is -2.25. The molecule has 0 bridgehead atoms. The molecule has 12 aromatic heterocycles. The summed E-state index contributed by atoms with van der Waals surface area (Å²) in [6, 6.07) is 70.1. The molecule has 12 heterocycles. The van der Waals surface area contributed by atoms with Gasteiger partial charge in [-0.15, -0.1) is 56.7 Å². The summed E-state index contributed by atoms with van der Waals surface area (Å²) in [6.07, 6.45) is 10.9. The van der Waals surface area contributed by atoms with E-state index in [9.17, 15) is 14.4 Å². The zero-order valence-electron chi connectivity index (χ0n) is 70.8. The van der Waals surface area contributed by atoms with Gasteiger partial charge in [0.2, 0.25) is 0 Å². The maximum Gasteiger partial charge on any atom is 0.253 e. The fraction of sp³-hybridized carbons (Fsp3) is 0.200. The number of carbonyl (C=O) groups excluding carboxylic acids is 3. The third-order valence-electron chi connectivity index (χ3n) is 23.9. The van der Waals surface area contributed by atoms with Gasteiger partial charge in [0.1, 0.15) is 41.7 Å². The second-order valence-electron chi connectivity index (χ2n) is 32.1. The maximum atomic E-state index is 12.3. The minimum atomic E-state index is -0.125. The molecule has 128 heavy (non-hydrogen) atoms. The average molecular weight is 1800 g/mol. The lowest BCUT2D eigenvalue weighted by atomic mass is 10.0. The zero-order chi connectivity index (χ0) is 87.5. The van der Waals surface area contributed by atoms with Crippen LogP contribution in [-0.4, -0.2) is 106 Å². The first-order chi connectivity index (χ1) is 62.7. The van der Waals surface area contributed by atoms with E-state index in [-0.39, 0.29) is 29.8 Å². The third kappa shape index (κ3) is 17.4. The SMILES string of the molecule is CC(Nc1nc2c(-c3ncn[nH]3)cccc2c2ccsc12)c1ccccc1.CNC(=O)c1cccc2c1nc(NC(C)C1CC1)c1sccc12.CNC(=O)c1cccc2c1nc(NC(C)c1ccccc1)c1sccc12.CNC(=O)c1cccc2c1nc(NC(C1CC1)C1CC1)c1sccc12.Clc1ccccc1CNc1nc2c(-c3ncn[nH]3)cccc2c2ccsc12. The van der Waals surface area contributed by atoms with Crippen LogP contribution in [0, 0.1) is 17.8 Å². The van der Waals surface area contributed by atoms with Crippen LogP contribution in [0.25, 0.3) is 128 Å². The molecule has 0 spiro atoms. The van der Waals surface area contributed by atoms with Gasteiger partial charge in [-0.3, -0.25) is 24.6 Å². The van der Waals surface area contributed by atoms with Crippen LogP contribution in [0.4, 0.5) is 29.1 Å². The highest BCUT2D eigenvalue weighted by Crippen LogP contribution is 2.48. The molecule has 10 N–H and O–H groups in total. The van der Waals surface area contributed by atoms with Crippen molar-refractivity contribution in [3.63, 3.8) is 0 Å². The summed E-state index contributed by atoms with van der Waals surface area (Å²) in [5, 5.41) is 62.3. The van der Waals surface area contributed by atoms with Crippen molar-refractivity contribution < 1.29 is 14.4 Å². The van der Waals surface area contributed by atoms with E-state index in [1.807, 2.05) is 121 Å². The Morgan fingerprint density at radius 2 is 0.703 bits per heavy atom. The van der Waals surface area contributed by atoms with E-state index >= 15 is 0 Å². The number of aromatic nitrogens is 11. The Labute approximate surface area is 762 Å². The van der Waals surface area contributed by atoms with Crippen LogP contribution in [-0.2, 0) is 6.54 Å². The highest BCUT2D eigenvalue weighted by atomic mass is 35.5. The number of para-hydroxylation sites is 5. The molecule has 640 valence electrons. The van der Waals surface area contributed by atoms with Crippen LogP contribution >= 0.6 is 68.3 Å². The first kappa shape index (κ1) is 84.1. The number of amides is 3. The summed E-state index contributed by atoms with van der Waals surface area (Å²) >= 11 is 14.8. The van der Waals surface area contributed by atoms with Crippen LogP contribution in [0.1, 0.15) is 119 Å². The number of nitrogens with zero attached hydrogens (tertiary/aromatic N) is 9. The van der Waals surface area contributed by atoms with Crippen molar-refractivity contribution in [1.82, 2.24) is 71.2 Å². The predicted molar refractivity (Wildman–Crippen MR) is 531 cm³/mol. The van der Waals surface area contributed by atoms with Gasteiger partial charge in [0.25, 0.3) is 17.7 Å². The Bertz CT molecular complexity index is 7440. The molecule has 3 unspecified atom stereocenters. The molecule has 0 aliphatic heterocycles. The summed E-state index contributed by atoms with van der Waals surface area (Å²) in [6.45, 7) is 7.09. The summed E-state index contributed by atoms with van der Waals surface area (Å²) in [5.74, 6) is 7.89. The Morgan fingerprint density at radius 3 is 1.07 bits per heavy atom. The molecule has 3 aliphatic carbocycles. The van der Waals surface area contributed by atoms with Crippen LogP contribution in [0.2, 0.25) is 5.02 Å². The Hall–Kier alpha value is -13.4. The van der Waals surface area contributed by atoms with Gasteiger partial charge in [-0.05, 0) is 187 Å². The van der Waals surface area contributed by atoms with E-state index in [1.54, 1.807) is 77.8 Å². The van der Waals surface area contributed by atoms with E-state index in [1.165, 1.54) is 92.6 Å². The highest BCUT2D eigenvalue weighted by molar-refractivity contribution is 7.19. The van der Waals surface area contributed by atoms with Crippen molar-refractivity contribution in [2.24, 2.45) is 17.8 Å². The van der Waals surface area contributed by atoms with Crippen LogP contribution in [0.3, 0.4) is 0 Å². The number of pyridine rings is 5. The summed E-state index contributed by atoms with van der Waals surface area (Å²) in [7, 11) is 4.96. The van der Waals surface area contributed by atoms with Crippen molar-refractivity contribution in [2.75, 3.05) is 47.7 Å². The van der Waals surface area contributed by atoms with Gasteiger partial charge in [-0.25, -0.2) is 34.9 Å². The van der Waals surface area contributed by atoms with Crippen molar-refractivity contribution in [3.8, 4) is 22.8 Å². The van der Waals surface area contributed by atoms with Crippen molar-refractivity contribution in [3.05, 3.63) is 284 Å². The number of hydrogen-bond acceptors (Lipinski definition) is 22. The third-order valence-corrected chi connectivity index (χ3v) is 28.8. The van der Waals surface area contributed by atoms with Crippen LogP contribution in [0.15, 0.2) is 246 Å². The molecule has 20 aromatic rings. The number of anilines is 5. The Morgan fingerprint density at radius 1 is 0.367 bits per heavy atom.